The van der Waals surface area contributed by atoms with Gasteiger partial charge in [-0.05, 0) is 0 Å². The first-order valence-electron chi connectivity index (χ1n) is 5.10. The van der Waals surface area contributed by atoms with Crippen LogP contribution in [0.15, 0.2) is 10.7 Å². The molecule has 1 aromatic heterocycles. The Morgan fingerprint density at radius 3 is 2.67 bits per heavy atom. The Morgan fingerprint density at radius 1 is 1.56 bits per heavy atom. The van der Waals surface area contributed by atoms with Crippen molar-refractivity contribution in [3.63, 3.8) is 0 Å². The number of aliphatic carboxylic acids is 1. The SMILES string of the molecule is Cc1nc(CC(=O)N[C@@H](CC(N)=O)C(=O)O)co1. The Balaban J connectivity index is 2.56. The fraction of sp³-hybridized carbons (Fsp3) is 0.400. The third kappa shape index (κ3) is 4.24. The van der Waals surface area contributed by atoms with Gasteiger partial charge in [0.1, 0.15) is 12.3 Å². The first-order chi connectivity index (χ1) is 8.38. The van der Waals surface area contributed by atoms with Crippen molar-refractivity contribution in [2.24, 2.45) is 5.73 Å². The maximum atomic E-state index is 11.5. The number of nitrogens with one attached hydrogen (secondary N) is 1. The molecule has 0 bridgehead atoms. The molecule has 0 saturated heterocycles. The van der Waals surface area contributed by atoms with Gasteiger partial charge in [0, 0.05) is 6.92 Å². The highest BCUT2D eigenvalue weighted by Gasteiger charge is 2.22. The number of primary amides is 1. The quantitative estimate of drug-likeness (QED) is 0.594. The molecule has 8 nitrogen and oxygen atoms in total. The van der Waals surface area contributed by atoms with Crippen molar-refractivity contribution < 1.29 is 23.9 Å². The van der Waals surface area contributed by atoms with Crippen molar-refractivity contribution in [1.82, 2.24) is 10.3 Å². The zero-order valence-corrected chi connectivity index (χ0v) is 9.67. The van der Waals surface area contributed by atoms with E-state index in [0.29, 0.717) is 11.6 Å². The molecule has 8 heteroatoms. The normalized spacial score (nSPS) is 11.8. The molecule has 4 N–H and O–H groups in total. The maximum absolute atomic E-state index is 11.5. The van der Waals surface area contributed by atoms with E-state index >= 15 is 0 Å². The molecule has 2 amide bonds. The van der Waals surface area contributed by atoms with Gasteiger partial charge in [0.05, 0.1) is 18.5 Å². The molecule has 0 aliphatic carbocycles. The summed E-state index contributed by atoms with van der Waals surface area (Å²) in [5.74, 6) is -2.29. The van der Waals surface area contributed by atoms with Gasteiger partial charge < -0.3 is 20.6 Å². The van der Waals surface area contributed by atoms with Crippen molar-refractivity contribution in [2.45, 2.75) is 25.8 Å². The van der Waals surface area contributed by atoms with Crippen molar-refractivity contribution in [1.29, 1.82) is 0 Å². The summed E-state index contributed by atoms with van der Waals surface area (Å²) in [5.41, 5.74) is 5.26. The lowest BCUT2D eigenvalue weighted by Gasteiger charge is -2.11. The molecular weight excluding hydrogens is 242 g/mol. The summed E-state index contributed by atoms with van der Waals surface area (Å²) < 4.78 is 4.90. The molecule has 1 heterocycles. The Labute approximate surface area is 102 Å². The van der Waals surface area contributed by atoms with Crippen LogP contribution in [-0.2, 0) is 20.8 Å². The number of carbonyl (C=O) groups excluding carboxylic acids is 2. The number of nitrogens with two attached hydrogens (primary N) is 1. The molecule has 0 aromatic carbocycles. The molecule has 0 fully saturated rings. The van der Waals surface area contributed by atoms with E-state index in [1.807, 2.05) is 0 Å². The highest BCUT2D eigenvalue weighted by atomic mass is 16.4. The number of aromatic nitrogens is 1. The van der Waals surface area contributed by atoms with Gasteiger partial charge in [-0.2, -0.15) is 0 Å². The molecule has 18 heavy (non-hydrogen) atoms. The largest absolute Gasteiger partial charge is 0.480 e. The topological polar surface area (TPSA) is 136 Å². The molecule has 1 rings (SSSR count). The number of hydrogen-bond acceptors (Lipinski definition) is 5. The minimum atomic E-state index is -1.33. The second kappa shape index (κ2) is 5.80. The molecule has 0 unspecified atom stereocenters. The van der Waals surface area contributed by atoms with Crippen LogP contribution in [0.1, 0.15) is 18.0 Å². The average molecular weight is 255 g/mol. The number of rotatable bonds is 6. The van der Waals surface area contributed by atoms with Gasteiger partial charge in [0.25, 0.3) is 0 Å². The number of carbonyl (C=O) groups is 3. The molecule has 0 saturated carbocycles. The smallest absolute Gasteiger partial charge is 0.326 e. The third-order valence-corrected chi connectivity index (χ3v) is 2.05. The molecule has 0 spiro atoms. The first kappa shape index (κ1) is 13.7. The number of oxazole rings is 1. The van der Waals surface area contributed by atoms with Crippen LogP contribution in [-0.4, -0.2) is 33.9 Å². The minimum absolute atomic E-state index is 0.125. The van der Waals surface area contributed by atoms with Crippen molar-refractivity contribution in [2.75, 3.05) is 0 Å². The molecule has 0 aliphatic rings. The van der Waals surface area contributed by atoms with E-state index in [1.165, 1.54) is 6.26 Å². The van der Waals surface area contributed by atoms with Crippen LogP contribution >= 0.6 is 0 Å². The van der Waals surface area contributed by atoms with Gasteiger partial charge in [-0.1, -0.05) is 0 Å². The van der Waals surface area contributed by atoms with Crippen molar-refractivity contribution >= 4 is 17.8 Å². The van der Waals surface area contributed by atoms with Crippen LogP contribution in [0.25, 0.3) is 0 Å². The summed E-state index contributed by atoms with van der Waals surface area (Å²) in [5, 5.41) is 11.0. The number of carboxylic acids is 1. The Morgan fingerprint density at radius 2 is 2.22 bits per heavy atom. The van der Waals surface area contributed by atoms with Crippen molar-refractivity contribution in [3.05, 3.63) is 17.8 Å². The molecule has 0 radical (unpaired) electrons. The standard InChI is InChI=1S/C10H13N3O5/c1-5-12-6(4-18-5)2-9(15)13-7(10(16)17)3-8(11)14/h4,7H,2-3H2,1H3,(H2,11,14)(H,13,15)(H,16,17)/t7-/m0/s1. The lowest BCUT2D eigenvalue weighted by molar-refractivity contribution is -0.143. The molecule has 1 aromatic rings. The molecule has 1 atom stereocenters. The van der Waals surface area contributed by atoms with Crippen LogP contribution in [0, 0.1) is 6.92 Å². The predicted molar refractivity (Wildman–Crippen MR) is 58.3 cm³/mol. The average Bonchev–Trinajstić information content (AvgIpc) is 2.62. The molecule has 98 valence electrons. The van der Waals surface area contributed by atoms with Crippen LogP contribution in [0.5, 0.6) is 0 Å². The number of amides is 2. The van der Waals surface area contributed by atoms with Gasteiger partial charge in [0.15, 0.2) is 5.89 Å². The Bertz CT molecular complexity index is 468. The summed E-state index contributed by atoms with van der Waals surface area (Å²) >= 11 is 0. The number of hydrogen-bond donors (Lipinski definition) is 3. The van der Waals surface area contributed by atoms with Crippen LogP contribution in [0.4, 0.5) is 0 Å². The van der Waals surface area contributed by atoms with E-state index in [-0.39, 0.29) is 6.42 Å². The summed E-state index contributed by atoms with van der Waals surface area (Å²) in [7, 11) is 0. The second-order valence-electron chi connectivity index (χ2n) is 3.66. The maximum Gasteiger partial charge on any atom is 0.326 e. The lowest BCUT2D eigenvalue weighted by atomic mass is 10.2. The second-order valence-corrected chi connectivity index (χ2v) is 3.66. The highest BCUT2D eigenvalue weighted by Crippen LogP contribution is 2.01. The van der Waals surface area contributed by atoms with Crippen LogP contribution in [0.3, 0.4) is 0 Å². The van der Waals surface area contributed by atoms with Gasteiger partial charge >= 0.3 is 5.97 Å². The van der Waals surface area contributed by atoms with E-state index in [2.05, 4.69) is 10.3 Å². The van der Waals surface area contributed by atoms with Gasteiger partial charge in [-0.15, -0.1) is 0 Å². The van der Waals surface area contributed by atoms with Gasteiger partial charge in [-0.3, -0.25) is 9.59 Å². The van der Waals surface area contributed by atoms with E-state index in [1.54, 1.807) is 6.92 Å². The number of aryl methyl sites for hydroxylation is 1. The Kier molecular flexibility index (Phi) is 4.41. The fourth-order valence-electron chi connectivity index (χ4n) is 1.30. The minimum Gasteiger partial charge on any atom is -0.480 e. The summed E-state index contributed by atoms with van der Waals surface area (Å²) in [6.07, 6.45) is 0.720. The van der Waals surface area contributed by atoms with E-state index in [4.69, 9.17) is 15.3 Å². The summed E-state index contributed by atoms with van der Waals surface area (Å²) in [4.78, 5) is 36.8. The first-order valence-corrected chi connectivity index (χ1v) is 5.10. The zero-order chi connectivity index (χ0) is 13.7. The van der Waals surface area contributed by atoms with Gasteiger partial charge in [0.2, 0.25) is 11.8 Å². The lowest BCUT2D eigenvalue weighted by Crippen LogP contribution is -2.43. The van der Waals surface area contributed by atoms with Crippen LogP contribution in [0.2, 0.25) is 0 Å². The predicted octanol–water partition coefficient (Wildman–Crippen LogP) is -1.03. The van der Waals surface area contributed by atoms with E-state index in [0.717, 1.165) is 0 Å². The number of nitrogens with zero attached hydrogens (tertiary/aromatic N) is 1. The van der Waals surface area contributed by atoms with Gasteiger partial charge in [-0.25, -0.2) is 9.78 Å². The van der Waals surface area contributed by atoms with Crippen molar-refractivity contribution in [3.8, 4) is 0 Å². The fourth-order valence-corrected chi connectivity index (χ4v) is 1.30. The van der Waals surface area contributed by atoms with E-state index in [9.17, 15) is 14.4 Å². The third-order valence-electron chi connectivity index (χ3n) is 2.05. The monoisotopic (exact) mass is 255 g/mol. The van der Waals surface area contributed by atoms with Crippen LogP contribution < -0.4 is 11.1 Å². The highest BCUT2D eigenvalue weighted by molar-refractivity contribution is 5.88. The Hall–Kier alpha value is -2.38. The van der Waals surface area contributed by atoms with E-state index < -0.39 is 30.2 Å². The number of carboxylic acid groups (broad SMARTS) is 1. The summed E-state index contributed by atoms with van der Waals surface area (Å²) in [6, 6.07) is -1.33. The molecule has 0 aliphatic heterocycles. The zero-order valence-electron chi connectivity index (χ0n) is 9.67. The molecular formula is C10H13N3O5. The summed E-state index contributed by atoms with van der Waals surface area (Å²) in [6.45, 7) is 1.62.